The van der Waals surface area contributed by atoms with Crippen LogP contribution in [0.3, 0.4) is 0 Å². The Kier molecular flexibility index (Phi) is 8.54. The Hall–Kier alpha value is -4.91. The van der Waals surface area contributed by atoms with Gasteiger partial charge < -0.3 is 10.2 Å². The van der Waals surface area contributed by atoms with Crippen LogP contribution in [0.5, 0.6) is 0 Å². The second-order valence-corrected chi connectivity index (χ2v) is 12.9. The minimum absolute atomic E-state index is 0.0360. The average Bonchev–Trinajstić information content (AvgIpc) is 3.74. The lowest BCUT2D eigenvalue weighted by molar-refractivity contribution is -0.132. The number of hydrogen-bond donors (Lipinski definition) is 3. The highest BCUT2D eigenvalue weighted by atomic mass is 32.2. The highest BCUT2D eigenvalue weighted by Crippen LogP contribution is 2.35. The van der Waals surface area contributed by atoms with Gasteiger partial charge in [-0.15, -0.1) is 0 Å². The molecule has 1 atom stereocenters. The Labute approximate surface area is 275 Å². The van der Waals surface area contributed by atoms with E-state index in [0.717, 1.165) is 46.0 Å². The van der Waals surface area contributed by atoms with E-state index in [1.54, 1.807) is 30.6 Å². The van der Waals surface area contributed by atoms with Crippen molar-refractivity contribution in [3.05, 3.63) is 103 Å². The summed E-state index contributed by atoms with van der Waals surface area (Å²) < 4.78 is 12.6. The van der Waals surface area contributed by atoms with E-state index in [1.807, 2.05) is 40.1 Å². The summed E-state index contributed by atoms with van der Waals surface area (Å²) in [4.78, 5) is 39.4. The third-order valence-corrected chi connectivity index (χ3v) is 9.86. The Bertz CT molecular complexity index is 1950. The Morgan fingerprint density at radius 1 is 0.979 bits per heavy atom. The van der Waals surface area contributed by atoms with Gasteiger partial charge in [0.15, 0.2) is 5.82 Å². The summed E-state index contributed by atoms with van der Waals surface area (Å²) in [7, 11) is 0. The van der Waals surface area contributed by atoms with E-state index in [4.69, 9.17) is 5.14 Å². The zero-order valence-electron chi connectivity index (χ0n) is 25.5. The maximum absolute atomic E-state index is 13.6. The molecule has 2 aliphatic heterocycles. The van der Waals surface area contributed by atoms with E-state index >= 15 is 0 Å². The molecule has 0 saturated carbocycles. The molecule has 0 spiro atoms. The Morgan fingerprint density at radius 2 is 1.72 bits per heavy atom. The number of amides is 2. The largest absolute Gasteiger partial charge is 0.338 e. The standard InChI is InChI=1S/C35H33FN8O2S/c36-27-8-6-25(7-9-27)32-29-20-28(10-11-30(29)41-42-32)40-34(46)35(47-37)14-19-43(22-35)21-31(45)44-17-12-24(13-18-44)23-2-4-26(5-3-23)33-38-15-1-16-39-33/h1-12,15-16,20H,13-14,17-19,21-22,37H2,(H,40,46)(H,41,42). The Morgan fingerprint density at radius 3 is 2.45 bits per heavy atom. The van der Waals surface area contributed by atoms with Gasteiger partial charge in [0.1, 0.15) is 10.6 Å². The molecule has 2 aliphatic rings. The summed E-state index contributed by atoms with van der Waals surface area (Å²) in [5, 5.41) is 17.4. The van der Waals surface area contributed by atoms with Crippen molar-refractivity contribution in [2.45, 2.75) is 17.6 Å². The van der Waals surface area contributed by atoms with E-state index < -0.39 is 4.75 Å². The molecule has 5 aromatic rings. The predicted octanol–water partition coefficient (Wildman–Crippen LogP) is 5.13. The van der Waals surface area contributed by atoms with Crippen molar-refractivity contribution in [2.75, 3.05) is 38.0 Å². The van der Waals surface area contributed by atoms with Gasteiger partial charge in [-0.1, -0.05) is 42.3 Å². The number of hydrogen-bond acceptors (Lipinski definition) is 8. The van der Waals surface area contributed by atoms with Crippen LogP contribution in [0.2, 0.25) is 0 Å². The van der Waals surface area contributed by atoms with E-state index in [0.29, 0.717) is 49.8 Å². The van der Waals surface area contributed by atoms with Crippen molar-refractivity contribution in [1.82, 2.24) is 30.0 Å². The lowest BCUT2D eigenvalue weighted by Gasteiger charge is -2.29. The number of aromatic amines is 1. The molecule has 4 heterocycles. The van der Waals surface area contributed by atoms with Crippen LogP contribution < -0.4 is 10.5 Å². The molecule has 0 radical (unpaired) electrons. The maximum atomic E-state index is 13.6. The second kappa shape index (κ2) is 13.1. The quantitative estimate of drug-likeness (QED) is 0.197. The van der Waals surface area contributed by atoms with Gasteiger partial charge in [0.05, 0.1) is 17.8 Å². The van der Waals surface area contributed by atoms with Crippen molar-refractivity contribution in [3.63, 3.8) is 0 Å². The number of anilines is 1. The minimum atomic E-state index is -0.892. The van der Waals surface area contributed by atoms with E-state index in [1.165, 1.54) is 17.7 Å². The molecule has 47 heavy (non-hydrogen) atoms. The van der Waals surface area contributed by atoms with Crippen molar-refractivity contribution in [3.8, 4) is 22.6 Å². The number of halogens is 1. The maximum Gasteiger partial charge on any atom is 0.243 e. The van der Waals surface area contributed by atoms with Crippen molar-refractivity contribution in [2.24, 2.45) is 5.14 Å². The molecular formula is C35H33FN8O2S. The van der Waals surface area contributed by atoms with Gasteiger partial charge >= 0.3 is 0 Å². The molecule has 2 amide bonds. The fraction of sp³-hybridized carbons (Fsp3) is 0.229. The molecular weight excluding hydrogens is 616 g/mol. The van der Waals surface area contributed by atoms with Crippen molar-refractivity contribution in [1.29, 1.82) is 0 Å². The molecule has 3 aromatic carbocycles. The zero-order valence-corrected chi connectivity index (χ0v) is 26.3. The molecule has 10 nitrogen and oxygen atoms in total. The van der Waals surface area contributed by atoms with Gasteiger partial charge in [-0.05, 0) is 72.5 Å². The number of carbonyl (C=O) groups is 2. The van der Waals surface area contributed by atoms with Crippen LogP contribution in [0.15, 0.2) is 91.3 Å². The van der Waals surface area contributed by atoms with Gasteiger partial charge in [0.25, 0.3) is 0 Å². The summed E-state index contributed by atoms with van der Waals surface area (Å²) in [6.07, 6.45) is 6.87. The van der Waals surface area contributed by atoms with Crippen molar-refractivity contribution < 1.29 is 14.0 Å². The van der Waals surface area contributed by atoms with E-state index in [2.05, 4.69) is 43.7 Å². The molecule has 7 rings (SSSR count). The molecule has 1 unspecified atom stereocenters. The second-order valence-electron chi connectivity index (χ2n) is 11.8. The van der Waals surface area contributed by atoms with Gasteiger partial charge in [0.2, 0.25) is 11.8 Å². The summed E-state index contributed by atoms with van der Waals surface area (Å²) >= 11 is 1.03. The molecule has 4 N–H and O–H groups in total. The summed E-state index contributed by atoms with van der Waals surface area (Å²) in [6, 6.07) is 21.6. The first-order chi connectivity index (χ1) is 22.9. The molecule has 1 saturated heterocycles. The topological polar surface area (TPSA) is 133 Å². The fourth-order valence-corrected chi connectivity index (χ4v) is 6.85. The normalized spacial score (nSPS) is 18.3. The first-order valence-electron chi connectivity index (χ1n) is 15.4. The number of nitrogens with one attached hydrogen (secondary N) is 2. The third-order valence-electron chi connectivity index (χ3n) is 8.89. The van der Waals surface area contributed by atoms with Crippen LogP contribution in [0.1, 0.15) is 18.4 Å². The lowest BCUT2D eigenvalue weighted by Crippen LogP contribution is -2.46. The highest BCUT2D eigenvalue weighted by Gasteiger charge is 2.45. The number of rotatable bonds is 8. The molecule has 0 aliphatic carbocycles. The summed E-state index contributed by atoms with van der Waals surface area (Å²) in [5.74, 6) is 0.200. The van der Waals surface area contributed by atoms with Crippen LogP contribution in [0.25, 0.3) is 39.1 Å². The van der Waals surface area contributed by atoms with Crippen LogP contribution in [0, 0.1) is 5.82 Å². The summed E-state index contributed by atoms with van der Waals surface area (Å²) in [5.41, 5.74) is 6.14. The molecule has 0 bridgehead atoms. The van der Waals surface area contributed by atoms with E-state index in [-0.39, 0.29) is 24.2 Å². The van der Waals surface area contributed by atoms with Gasteiger partial charge in [-0.25, -0.2) is 14.4 Å². The predicted molar refractivity (Wildman–Crippen MR) is 182 cm³/mol. The van der Waals surface area contributed by atoms with Crippen LogP contribution >= 0.6 is 11.9 Å². The highest BCUT2D eigenvalue weighted by molar-refractivity contribution is 7.99. The number of aromatic nitrogens is 4. The third kappa shape index (κ3) is 6.39. The Balaban J connectivity index is 0.960. The fourth-order valence-electron chi connectivity index (χ4n) is 6.22. The molecule has 12 heteroatoms. The lowest BCUT2D eigenvalue weighted by atomic mass is 9.98. The molecule has 238 valence electrons. The first kappa shape index (κ1) is 30.7. The number of likely N-dealkylation sites (tertiary alicyclic amines) is 1. The number of fused-ring (bicyclic) bond motifs is 1. The number of carbonyl (C=O) groups excluding carboxylic acids is 2. The van der Waals surface area contributed by atoms with Crippen molar-refractivity contribution >= 4 is 45.9 Å². The smallest absolute Gasteiger partial charge is 0.243 e. The van der Waals surface area contributed by atoms with Crippen LogP contribution in [-0.2, 0) is 9.59 Å². The first-order valence-corrected chi connectivity index (χ1v) is 16.3. The molecule has 1 fully saturated rings. The molecule has 2 aromatic heterocycles. The number of benzene rings is 3. The monoisotopic (exact) mass is 648 g/mol. The number of nitrogens with two attached hydrogens (primary N) is 1. The average molecular weight is 649 g/mol. The van der Waals surface area contributed by atoms with Gasteiger partial charge in [0, 0.05) is 60.8 Å². The van der Waals surface area contributed by atoms with Crippen LogP contribution in [0.4, 0.5) is 10.1 Å². The summed E-state index contributed by atoms with van der Waals surface area (Å²) in [6.45, 7) is 2.36. The SMILES string of the molecule is NSC1(C(=O)Nc2ccc3[nH]nc(-c4ccc(F)cc4)c3c2)CCN(CC(=O)N2CC=C(c3ccc(-c4ncccn4)cc3)CC2)C1. The zero-order chi connectivity index (χ0) is 32.4. The minimum Gasteiger partial charge on any atom is -0.338 e. The number of nitrogens with zero attached hydrogens (tertiary/aromatic N) is 5. The van der Waals surface area contributed by atoms with Gasteiger partial charge in [-0.3, -0.25) is 24.7 Å². The van der Waals surface area contributed by atoms with E-state index in [9.17, 15) is 14.0 Å². The number of H-pyrrole nitrogens is 1. The van der Waals surface area contributed by atoms with Gasteiger partial charge in [-0.2, -0.15) is 5.10 Å². The van der Waals surface area contributed by atoms with Crippen LogP contribution in [-0.4, -0.2) is 79.3 Å².